The molecule has 1 fully saturated rings. The third-order valence-electron chi connectivity index (χ3n) is 3.77. The molecule has 0 spiro atoms. The second kappa shape index (κ2) is 4.99. The average molecular weight is 335 g/mol. The Kier molecular flexibility index (Phi) is 3.44. The summed E-state index contributed by atoms with van der Waals surface area (Å²) in [4.78, 5) is 6.92. The number of hydrogen-bond donors (Lipinski definition) is 4. The summed E-state index contributed by atoms with van der Waals surface area (Å²) in [5.74, 6) is -3.32. The van der Waals surface area contributed by atoms with Gasteiger partial charge in [-0.05, 0) is 0 Å². The summed E-state index contributed by atoms with van der Waals surface area (Å²) in [5, 5.41) is 32.8. The maximum absolute atomic E-state index is 14.4. The van der Waals surface area contributed by atoms with Crippen LogP contribution in [0.5, 0.6) is 0 Å². The molecule has 2 aromatic heterocycles. The Hall–Kier alpha value is -2.02. The number of nitrogen functional groups attached to an aromatic ring is 1. The number of halogens is 3. The minimum atomic E-state index is -2.93. The first-order chi connectivity index (χ1) is 10.8. The maximum atomic E-state index is 14.4. The summed E-state index contributed by atoms with van der Waals surface area (Å²) < 4.78 is 46.4. The summed E-state index contributed by atoms with van der Waals surface area (Å²) in [5.41, 5.74) is 2.31. The average Bonchev–Trinajstić information content (AvgIpc) is 3.02. The van der Waals surface area contributed by atoms with E-state index in [0.717, 1.165) is 6.20 Å². The van der Waals surface area contributed by atoms with Crippen molar-refractivity contribution in [3.63, 3.8) is 0 Å². The van der Waals surface area contributed by atoms with Crippen molar-refractivity contribution in [2.75, 3.05) is 19.0 Å². The molecule has 12 heteroatoms. The van der Waals surface area contributed by atoms with Gasteiger partial charge in [-0.25, -0.2) is 18.3 Å². The number of nitrogens with two attached hydrogens (primary N) is 1. The smallest absolute Gasteiger partial charge is 0.328 e. The Labute approximate surface area is 126 Å². The van der Waals surface area contributed by atoms with Gasteiger partial charge >= 0.3 is 6.08 Å². The third-order valence-corrected chi connectivity index (χ3v) is 3.77. The Bertz CT molecular complexity index is 755. The second-order valence-electron chi connectivity index (χ2n) is 5.15. The van der Waals surface area contributed by atoms with Gasteiger partial charge in [0.05, 0.1) is 12.8 Å². The van der Waals surface area contributed by atoms with E-state index in [4.69, 9.17) is 10.5 Å². The zero-order valence-corrected chi connectivity index (χ0v) is 11.4. The minimum absolute atomic E-state index is 0.207. The highest BCUT2D eigenvalue weighted by Gasteiger charge is 2.65. The summed E-state index contributed by atoms with van der Waals surface area (Å²) in [7, 11) is 0. The molecule has 0 saturated carbocycles. The molecule has 4 atom stereocenters. The predicted octanol–water partition coefficient (Wildman–Crippen LogP) is -1.58. The molecule has 2 aromatic rings. The summed E-state index contributed by atoms with van der Waals surface area (Å²) in [6, 6.07) is 0. The van der Waals surface area contributed by atoms with Crippen molar-refractivity contribution >= 4 is 11.5 Å². The van der Waals surface area contributed by atoms with Gasteiger partial charge in [-0.2, -0.15) is 9.37 Å². The number of nitrogens with zero attached hydrogens (tertiary/aromatic N) is 4. The number of fused-ring (bicyclic) bond motifs is 1. The van der Waals surface area contributed by atoms with Gasteiger partial charge in [0.15, 0.2) is 23.2 Å². The van der Waals surface area contributed by atoms with Crippen molar-refractivity contribution in [1.82, 2.24) is 19.6 Å². The van der Waals surface area contributed by atoms with Crippen LogP contribution in [0.4, 0.5) is 19.0 Å². The van der Waals surface area contributed by atoms with E-state index in [1.54, 1.807) is 0 Å². The Morgan fingerprint density at radius 1 is 1.48 bits per heavy atom. The van der Waals surface area contributed by atoms with Crippen LogP contribution < -0.4 is 5.73 Å². The minimum Gasteiger partial charge on any atom is -0.393 e. The van der Waals surface area contributed by atoms with E-state index in [1.165, 1.54) is 0 Å². The van der Waals surface area contributed by atoms with Gasteiger partial charge in [0.2, 0.25) is 5.79 Å². The van der Waals surface area contributed by atoms with Crippen LogP contribution in [0.25, 0.3) is 5.65 Å². The summed E-state index contributed by atoms with van der Waals surface area (Å²) in [6.07, 6.45) is -5.17. The Morgan fingerprint density at radius 3 is 2.74 bits per heavy atom. The molecule has 0 unspecified atom stereocenters. The zero-order chi connectivity index (χ0) is 17.0. The van der Waals surface area contributed by atoms with Crippen molar-refractivity contribution < 1.29 is 33.2 Å². The molecule has 23 heavy (non-hydrogen) atoms. The van der Waals surface area contributed by atoms with Gasteiger partial charge in [-0.1, -0.05) is 0 Å². The van der Waals surface area contributed by atoms with Crippen molar-refractivity contribution in [3.8, 4) is 0 Å². The molecular weight excluding hydrogens is 323 g/mol. The normalized spacial score (nSPS) is 34.3. The fourth-order valence-electron chi connectivity index (χ4n) is 2.50. The monoisotopic (exact) mass is 335 g/mol. The molecule has 0 aliphatic carbocycles. The van der Waals surface area contributed by atoms with Gasteiger partial charge < -0.3 is 25.8 Å². The fourth-order valence-corrected chi connectivity index (χ4v) is 2.50. The largest absolute Gasteiger partial charge is 0.393 e. The highest BCUT2D eigenvalue weighted by atomic mass is 19.1. The van der Waals surface area contributed by atoms with Crippen LogP contribution in [0.2, 0.25) is 0 Å². The first kappa shape index (κ1) is 15.9. The second-order valence-corrected chi connectivity index (χ2v) is 5.15. The Balaban J connectivity index is 2.18. The van der Waals surface area contributed by atoms with Crippen LogP contribution in [-0.2, 0) is 10.5 Å². The number of anilines is 1. The first-order valence-corrected chi connectivity index (χ1v) is 6.38. The molecule has 1 saturated heterocycles. The quantitative estimate of drug-likeness (QED) is 0.527. The molecule has 1 aliphatic heterocycles. The molecule has 1 aliphatic rings. The topological polar surface area (TPSA) is 139 Å². The lowest BCUT2D eigenvalue weighted by atomic mass is 9.96. The van der Waals surface area contributed by atoms with Gasteiger partial charge in [-0.15, -0.1) is 5.10 Å². The van der Waals surface area contributed by atoms with Crippen LogP contribution in [-0.4, -0.2) is 66.1 Å². The molecule has 3 heterocycles. The van der Waals surface area contributed by atoms with E-state index in [0.29, 0.717) is 4.52 Å². The van der Waals surface area contributed by atoms with E-state index >= 15 is 0 Å². The van der Waals surface area contributed by atoms with Crippen molar-refractivity contribution in [2.45, 2.75) is 23.7 Å². The van der Waals surface area contributed by atoms with Gasteiger partial charge in [0.1, 0.15) is 18.5 Å². The summed E-state index contributed by atoms with van der Waals surface area (Å²) >= 11 is 0. The molecule has 9 nitrogen and oxygen atoms in total. The lowest BCUT2D eigenvalue weighted by Crippen LogP contribution is -2.47. The third kappa shape index (κ3) is 1.99. The van der Waals surface area contributed by atoms with E-state index in [1.807, 2.05) is 0 Å². The van der Waals surface area contributed by atoms with Crippen LogP contribution in [0.1, 0.15) is 5.69 Å². The van der Waals surface area contributed by atoms with Crippen LogP contribution in [0.3, 0.4) is 0 Å². The van der Waals surface area contributed by atoms with Gasteiger partial charge in [0, 0.05) is 0 Å². The number of ether oxygens (including phenoxy) is 1. The van der Waals surface area contributed by atoms with E-state index in [2.05, 4.69) is 15.1 Å². The lowest BCUT2D eigenvalue weighted by molar-refractivity contribution is -0.261. The highest BCUT2D eigenvalue weighted by molar-refractivity contribution is 5.59. The molecule has 0 radical (unpaired) electrons. The molecule has 0 amide bonds. The van der Waals surface area contributed by atoms with Gasteiger partial charge in [-0.3, -0.25) is 0 Å². The lowest BCUT2D eigenvalue weighted by Gasteiger charge is -2.28. The number of hydrogen-bond acceptors (Lipinski definition) is 8. The van der Waals surface area contributed by atoms with Crippen molar-refractivity contribution in [2.24, 2.45) is 0 Å². The number of rotatable bonds is 3. The number of alkyl halides is 2. The molecule has 3 rings (SSSR count). The van der Waals surface area contributed by atoms with Crippen LogP contribution >= 0.6 is 0 Å². The molecule has 0 bridgehead atoms. The number of aliphatic hydroxyl groups excluding tert-OH is 2. The molecular formula is C11H12F3N5O4. The number of aliphatic hydroxyl groups is 3. The van der Waals surface area contributed by atoms with Crippen molar-refractivity contribution in [1.29, 1.82) is 0 Å². The summed E-state index contributed by atoms with van der Waals surface area (Å²) in [6.45, 7) is -2.58. The van der Waals surface area contributed by atoms with E-state index < -0.39 is 48.7 Å². The standard InChI is InChI=1S/C11H12F3N5O4/c12-2-10(3-20)6(21)5(13)11(22,23-10)4-1-16-8-7(15)17-9(14)18-19(4)8/h1,5-6,20-22H,2-3H2,(H2,15,17,18)/t5-,6+,10-,11+/m1/s1. The van der Waals surface area contributed by atoms with E-state index in [-0.39, 0.29) is 11.5 Å². The number of imidazole rings is 1. The SMILES string of the molecule is Nc1nc(F)nn2c([C@]3(O)O[C@@](CO)(CF)[C@@H](O)[C@H]3F)cnc12. The molecule has 5 N–H and O–H groups in total. The van der Waals surface area contributed by atoms with Crippen LogP contribution in [0, 0.1) is 6.08 Å². The number of aromatic nitrogens is 4. The zero-order valence-electron chi connectivity index (χ0n) is 11.4. The van der Waals surface area contributed by atoms with E-state index in [9.17, 15) is 28.5 Å². The van der Waals surface area contributed by atoms with Crippen LogP contribution in [0.15, 0.2) is 6.20 Å². The fraction of sp³-hybridized carbons (Fsp3) is 0.545. The van der Waals surface area contributed by atoms with Gasteiger partial charge in [0.25, 0.3) is 0 Å². The highest BCUT2D eigenvalue weighted by Crippen LogP contribution is 2.45. The Morgan fingerprint density at radius 2 is 2.17 bits per heavy atom. The molecule has 0 aromatic carbocycles. The maximum Gasteiger partial charge on any atom is 0.328 e. The predicted molar refractivity (Wildman–Crippen MR) is 66.8 cm³/mol. The first-order valence-electron chi connectivity index (χ1n) is 6.38. The molecule has 126 valence electrons. The van der Waals surface area contributed by atoms with Crippen molar-refractivity contribution in [3.05, 3.63) is 18.0 Å².